The fraction of sp³-hybridized carbons (Fsp3) is 0.0833. The maximum Gasteiger partial charge on any atom is 0.336 e. The van der Waals surface area contributed by atoms with E-state index >= 15 is 0 Å². The van der Waals surface area contributed by atoms with Gasteiger partial charge < -0.3 is 10.2 Å². The molecule has 0 amide bonds. The van der Waals surface area contributed by atoms with Crippen LogP contribution in [0.3, 0.4) is 0 Å². The van der Waals surface area contributed by atoms with E-state index in [-0.39, 0.29) is 22.3 Å². The Labute approximate surface area is 192 Å². The van der Waals surface area contributed by atoms with Crippen LogP contribution in [0, 0.1) is 0 Å². The Morgan fingerprint density at radius 1 is 0.562 bits per heavy atom. The van der Waals surface area contributed by atoms with Crippen molar-refractivity contribution in [2.45, 2.75) is 9.79 Å². The van der Waals surface area contributed by atoms with Crippen molar-refractivity contribution in [3.63, 3.8) is 0 Å². The van der Waals surface area contributed by atoms with Crippen LogP contribution in [0.25, 0.3) is 0 Å². The summed E-state index contributed by atoms with van der Waals surface area (Å²) in [5, 5.41) is 19.4. The summed E-state index contributed by atoms with van der Waals surface area (Å²) in [6, 6.07) is 15.0. The van der Waals surface area contributed by atoms with E-state index in [1.165, 1.54) is 23.5 Å². The van der Waals surface area contributed by atoms with E-state index in [2.05, 4.69) is 0 Å². The van der Waals surface area contributed by atoms with Gasteiger partial charge in [0.25, 0.3) is 0 Å². The molecule has 0 unspecified atom stereocenters. The van der Waals surface area contributed by atoms with Crippen LogP contribution in [0.4, 0.5) is 0 Å². The summed E-state index contributed by atoms with van der Waals surface area (Å²) in [7, 11) is 0. The van der Waals surface area contributed by atoms with E-state index in [9.17, 15) is 29.4 Å². The summed E-state index contributed by atoms with van der Waals surface area (Å²) in [6.07, 6.45) is 3.76. The Balaban J connectivity index is 2.14. The molecule has 0 atom stereocenters. The van der Waals surface area contributed by atoms with Gasteiger partial charge in [0.2, 0.25) is 0 Å². The first-order valence-corrected chi connectivity index (χ1v) is 11.7. The standard InChI is InChI=1S/C24H18O6S2/c1-31-15-7-3-13(4-8-15)21(25)17-11-20(24(29)30)18(12-19(17)23(27)28)22(26)14-5-9-16(32-2)10-6-14/h3-12H,1-2H3,(H,27,28)(H,29,30). The Hall–Kier alpha value is -3.36. The number of carbonyl (C=O) groups excluding carboxylic acids is 2. The molecule has 32 heavy (non-hydrogen) atoms. The van der Waals surface area contributed by atoms with E-state index in [1.807, 2.05) is 12.5 Å². The molecular formula is C24H18O6S2. The zero-order valence-corrected chi connectivity index (χ0v) is 18.8. The number of carboxylic acid groups (broad SMARTS) is 2. The van der Waals surface area contributed by atoms with Crippen LogP contribution in [0.2, 0.25) is 0 Å². The number of aromatic carboxylic acids is 2. The van der Waals surface area contributed by atoms with Gasteiger partial charge in [-0.2, -0.15) is 0 Å². The monoisotopic (exact) mass is 466 g/mol. The Bertz CT molecular complexity index is 1120. The maximum atomic E-state index is 13.0. The first-order chi connectivity index (χ1) is 15.3. The van der Waals surface area contributed by atoms with Gasteiger partial charge in [0.15, 0.2) is 11.6 Å². The van der Waals surface area contributed by atoms with Crippen molar-refractivity contribution < 1.29 is 29.4 Å². The fourth-order valence-corrected chi connectivity index (χ4v) is 3.94. The van der Waals surface area contributed by atoms with Gasteiger partial charge in [0.1, 0.15) is 0 Å². The van der Waals surface area contributed by atoms with Crippen LogP contribution >= 0.6 is 23.5 Å². The summed E-state index contributed by atoms with van der Waals surface area (Å²) in [6.45, 7) is 0. The zero-order chi connectivity index (χ0) is 23.4. The molecule has 3 aromatic rings. The van der Waals surface area contributed by atoms with Crippen molar-refractivity contribution in [2.75, 3.05) is 12.5 Å². The molecule has 3 rings (SSSR count). The molecule has 0 fully saturated rings. The van der Waals surface area contributed by atoms with Crippen molar-refractivity contribution in [2.24, 2.45) is 0 Å². The molecule has 8 heteroatoms. The lowest BCUT2D eigenvalue weighted by Gasteiger charge is -2.12. The predicted molar refractivity (Wildman–Crippen MR) is 124 cm³/mol. The molecule has 3 aromatic carbocycles. The minimum Gasteiger partial charge on any atom is -0.478 e. The molecule has 0 spiro atoms. The van der Waals surface area contributed by atoms with E-state index in [0.29, 0.717) is 0 Å². The molecule has 0 saturated heterocycles. The van der Waals surface area contributed by atoms with Gasteiger partial charge in [-0.15, -0.1) is 23.5 Å². The highest BCUT2D eigenvalue weighted by atomic mass is 32.2. The third kappa shape index (κ3) is 4.76. The number of carbonyl (C=O) groups is 4. The molecule has 0 heterocycles. The molecule has 162 valence electrons. The second kappa shape index (κ2) is 9.84. The number of ketones is 2. The number of thioether (sulfide) groups is 2. The van der Waals surface area contributed by atoms with Crippen molar-refractivity contribution >= 4 is 47.0 Å². The second-order valence-electron chi connectivity index (χ2n) is 6.67. The number of rotatable bonds is 8. The first-order valence-electron chi connectivity index (χ1n) is 9.29. The van der Waals surface area contributed by atoms with Crippen molar-refractivity contribution in [3.8, 4) is 0 Å². The SMILES string of the molecule is CSc1ccc(C(=O)c2cc(C(=O)O)c(C(=O)c3ccc(SC)cc3)cc2C(=O)O)cc1. The number of carboxylic acids is 2. The summed E-state index contributed by atoms with van der Waals surface area (Å²) in [5.41, 5.74) is -1.01. The van der Waals surface area contributed by atoms with Crippen molar-refractivity contribution in [3.05, 3.63) is 94.0 Å². The largest absolute Gasteiger partial charge is 0.478 e. The fourth-order valence-electron chi connectivity index (χ4n) is 3.13. The van der Waals surface area contributed by atoms with Crippen LogP contribution in [-0.2, 0) is 0 Å². The molecule has 6 nitrogen and oxygen atoms in total. The van der Waals surface area contributed by atoms with E-state index < -0.39 is 34.6 Å². The zero-order valence-electron chi connectivity index (χ0n) is 17.1. The summed E-state index contributed by atoms with van der Waals surface area (Å²) in [5.74, 6) is -4.14. The lowest BCUT2D eigenvalue weighted by atomic mass is 9.90. The maximum absolute atomic E-state index is 13.0. The smallest absolute Gasteiger partial charge is 0.336 e. The minimum atomic E-state index is -1.43. The van der Waals surface area contributed by atoms with Gasteiger partial charge >= 0.3 is 11.9 Å². The molecule has 0 aromatic heterocycles. The molecule has 0 aliphatic rings. The number of hydrogen-bond acceptors (Lipinski definition) is 6. The van der Waals surface area contributed by atoms with Gasteiger partial charge in [-0.1, -0.05) is 0 Å². The van der Waals surface area contributed by atoms with Crippen LogP contribution in [-0.4, -0.2) is 46.2 Å². The minimum absolute atomic E-state index is 0.216. The van der Waals surface area contributed by atoms with Gasteiger partial charge in [-0.3, -0.25) is 9.59 Å². The lowest BCUT2D eigenvalue weighted by molar-refractivity contribution is 0.0677. The first kappa shape index (κ1) is 23.3. The molecule has 0 aliphatic carbocycles. The number of hydrogen-bond donors (Lipinski definition) is 2. The van der Waals surface area contributed by atoms with E-state index in [4.69, 9.17) is 0 Å². The van der Waals surface area contributed by atoms with Gasteiger partial charge in [-0.05, 0) is 73.2 Å². The van der Waals surface area contributed by atoms with Crippen LogP contribution < -0.4 is 0 Å². The summed E-state index contributed by atoms with van der Waals surface area (Å²) < 4.78 is 0. The predicted octanol–water partition coefficient (Wildman–Crippen LogP) is 4.99. The number of benzene rings is 3. The molecule has 0 saturated carbocycles. The molecule has 0 aliphatic heterocycles. The average Bonchev–Trinajstić information content (AvgIpc) is 2.82. The third-order valence-corrected chi connectivity index (χ3v) is 6.30. The van der Waals surface area contributed by atoms with Crippen LogP contribution in [0.1, 0.15) is 52.6 Å². The van der Waals surface area contributed by atoms with Crippen LogP contribution in [0.15, 0.2) is 70.5 Å². The molecule has 2 N–H and O–H groups in total. The van der Waals surface area contributed by atoms with Gasteiger partial charge in [0.05, 0.1) is 11.1 Å². The van der Waals surface area contributed by atoms with Gasteiger partial charge in [-0.25, -0.2) is 9.59 Å². The normalized spacial score (nSPS) is 10.6. The Morgan fingerprint density at radius 3 is 1.12 bits per heavy atom. The second-order valence-corrected chi connectivity index (χ2v) is 8.43. The topological polar surface area (TPSA) is 109 Å². The molecule has 0 bridgehead atoms. The molecule has 0 radical (unpaired) electrons. The Morgan fingerprint density at radius 2 is 0.875 bits per heavy atom. The summed E-state index contributed by atoms with van der Waals surface area (Å²) >= 11 is 2.97. The lowest BCUT2D eigenvalue weighted by Crippen LogP contribution is -2.17. The molecular weight excluding hydrogens is 448 g/mol. The Kier molecular flexibility index (Phi) is 7.17. The highest BCUT2D eigenvalue weighted by molar-refractivity contribution is 7.98. The average molecular weight is 467 g/mol. The van der Waals surface area contributed by atoms with E-state index in [1.54, 1.807) is 48.5 Å². The summed E-state index contributed by atoms with van der Waals surface area (Å²) in [4.78, 5) is 51.7. The van der Waals surface area contributed by atoms with Crippen molar-refractivity contribution in [1.82, 2.24) is 0 Å². The van der Waals surface area contributed by atoms with Gasteiger partial charge in [0, 0.05) is 32.0 Å². The highest BCUT2D eigenvalue weighted by Gasteiger charge is 2.26. The van der Waals surface area contributed by atoms with Crippen LogP contribution in [0.5, 0.6) is 0 Å². The quantitative estimate of drug-likeness (QED) is 0.353. The highest BCUT2D eigenvalue weighted by Crippen LogP contribution is 2.25. The van der Waals surface area contributed by atoms with Crippen molar-refractivity contribution in [1.29, 1.82) is 0 Å². The van der Waals surface area contributed by atoms with E-state index in [0.717, 1.165) is 21.9 Å². The third-order valence-electron chi connectivity index (χ3n) is 4.81.